The fraction of sp³-hybridized carbons (Fsp3) is 0.812. The summed E-state index contributed by atoms with van der Waals surface area (Å²) in [6.45, 7) is 10.4. The Kier molecular flexibility index (Phi) is 6.94. The van der Waals surface area contributed by atoms with Crippen molar-refractivity contribution in [2.24, 2.45) is 0 Å². The van der Waals surface area contributed by atoms with Crippen molar-refractivity contribution in [3.05, 3.63) is 12.3 Å². The molecule has 1 saturated heterocycles. The van der Waals surface area contributed by atoms with Gasteiger partial charge in [-0.3, -0.25) is 5.32 Å². The molecule has 0 radical (unpaired) electrons. The number of hydrogen-bond donors (Lipinski definition) is 1. The van der Waals surface area contributed by atoms with Crippen LogP contribution < -0.4 is 5.32 Å². The van der Waals surface area contributed by atoms with Gasteiger partial charge in [0.25, 0.3) is 0 Å². The van der Waals surface area contributed by atoms with Crippen molar-refractivity contribution in [1.82, 2.24) is 5.32 Å². The van der Waals surface area contributed by atoms with Gasteiger partial charge in [0.1, 0.15) is 0 Å². The van der Waals surface area contributed by atoms with Crippen LogP contribution in [0.15, 0.2) is 12.3 Å². The van der Waals surface area contributed by atoms with E-state index < -0.39 is 6.09 Å². The first-order valence-corrected chi connectivity index (χ1v) is 8.10. The van der Waals surface area contributed by atoms with Crippen molar-refractivity contribution in [2.45, 2.75) is 77.3 Å². The Morgan fingerprint density at radius 2 is 1.82 bits per heavy atom. The van der Waals surface area contributed by atoms with E-state index >= 15 is 0 Å². The maximum absolute atomic E-state index is 11.1. The molecule has 1 heterocycles. The highest BCUT2D eigenvalue weighted by molar-refractivity contribution is 6.48. The lowest BCUT2D eigenvalue weighted by molar-refractivity contribution is 0.00578. The highest BCUT2D eigenvalue weighted by Gasteiger charge is 2.53. The first-order chi connectivity index (χ1) is 10.2. The summed E-state index contributed by atoms with van der Waals surface area (Å²) in [6, 6.07) is 0. The van der Waals surface area contributed by atoms with E-state index in [2.05, 4.69) is 17.0 Å². The first kappa shape index (κ1) is 19.0. The Morgan fingerprint density at radius 1 is 1.23 bits per heavy atom. The third-order valence-corrected chi connectivity index (χ3v) is 4.49. The van der Waals surface area contributed by atoms with Crippen molar-refractivity contribution in [3.63, 3.8) is 0 Å². The van der Waals surface area contributed by atoms with Crippen LogP contribution in [0, 0.1) is 0 Å². The number of carbonyl (C=O) groups is 1. The summed E-state index contributed by atoms with van der Waals surface area (Å²) in [5, 5.41) is 2.57. The van der Waals surface area contributed by atoms with Crippen LogP contribution in [0.2, 0.25) is 5.82 Å². The van der Waals surface area contributed by atoms with E-state index in [1.807, 2.05) is 33.8 Å². The normalized spacial score (nSPS) is 21.1. The minimum Gasteiger partial charge on any atom is -0.453 e. The molecule has 1 atom stereocenters. The van der Waals surface area contributed by atoms with Crippen LogP contribution in [0.4, 0.5) is 4.79 Å². The second kappa shape index (κ2) is 8.02. The number of hydrogen-bond acceptors (Lipinski definition) is 4. The molecule has 1 N–H and O–H groups in total. The van der Waals surface area contributed by atoms with E-state index in [0.29, 0.717) is 0 Å². The maximum atomic E-state index is 11.1. The smallest absolute Gasteiger partial charge is 0.453 e. The largest absolute Gasteiger partial charge is 0.465 e. The average molecular weight is 311 g/mol. The summed E-state index contributed by atoms with van der Waals surface area (Å²) >= 11 is 0. The number of carbonyl (C=O) groups excluding carboxylic acids is 1. The fourth-order valence-corrected chi connectivity index (χ4v) is 2.32. The van der Waals surface area contributed by atoms with Crippen LogP contribution in [0.25, 0.3) is 0 Å². The van der Waals surface area contributed by atoms with Crippen LogP contribution in [-0.2, 0) is 14.0 Å². The van der Waals surface area contributed by atoms with Gasteiger partial charge in [-0.05, 0) is 34.1 Å². The van der Waals surface area contributed by atoms with E-state index in [1.165, 1.54) is 20.0 Å². The van der Waals surface area contributed by atoms with Gasteiger partial charge in [0.2, 0.25) is 0 Å². The van der Waals surface area contributed by atoms with Gasteiger partial charge in [0.05, 0.1) is 18.3 Å². The van der Waals surface area contributed by atoms with Crippen molar-refractivity contribution < 1.29 is 18.8 Å². The lowest BCUT2D eigenvalue weighted by atomic mass is 9.69. The summed E-state index contributed by atoms with van der Waals surface area (Å²) in [7, 11) is 1.05. The number of amides is 1. The van der Waals surface area contributed by atoms with Crippen molar-refractivity contribution in [1.29, 1.82) is 0 Å². The molecule has 5 nitrogen and oxygen atoms in total. The predicted molar refractivity (Wildman–Crippen MR) is 88.7 cm³/mol. The lowest BCUT2D eigenvalue weighted by Gasteiger charge is -2.32. The molecule has 1 aliphatic rings. The summed E-state index contributed by atoms with van der Waals surface area (Å²) in [6.07, 6.45) is 7.49. The molecule has 0 aromatic rings. The Hall–Kier alpha value is -1.01. The number of alkyl carbamates (subject to hydrolysis) is 1. The molecule has 1 unspecified atom stereocenters. The summed E-state index contributed by atoms with van der Waals surface area (Å²) in [5.41, 5.74) is -0.686. The Morgan fingerprint density at radius 3 is 2.32 bits per heavy atom. The van der Waals surface area contributed by atoms with Gasteiger partial charge in [0.15, 0.2) is 0 Å². The molecule has 0 aromatic heterocycles. The number of nitrogens with one attached hydrogen (secondary N) is 1. The lowest BCUT2D eigenvalue weighted by Crippen LogP contribution is -2.41. The van der Waals surface area contributed by atoms with Crippen molar-refractivity contribution >= 4 is 13.2 Å². The van der Waals surface area contributed by atoms with Crippen molar-refractivity contribution in [2.75, 3.05) is 7.11 Å². The minimum absolute atomic E-state index is 0.102. The number of unbranched alkanes of at least 4 members (excludes halogenated alkanes) is 2. The van der Waals surface area contributed by atoms with E-state index in [4.69, 9.17) is 9.31 Å². The second-order valence-electron chi connectivity index (χ2n) is 6.78. The maximum Gasteiger partial charge on any atom is 0.465 e. The Balaban J connectivity index is 2.72. The number of rotatable bonds is 7. The van der Waals surface area contributed by atoms with E-state index in [9.17, 15) is 4.79 Å². The molecule has 1 rings (SSSR count). The summed E-state index contributed by atoms with van der Waals surface area (Å²) < 4.78 is 16.8. The van der Waals surface area contributed by atoms with Crippen LogP contribution in [0.3, 0.4) is 0 Å². The molecule has 1 amide bonds. The Bertz CT molecular complexity index is 380. The van der Waals surface area contributed by atoms with E-state index in [1.54, 1.807) is 6.20 Å². The minimum atomic E-state index is -0.475. The molecule has 1 fully saturated rings. The molecule has 0 spiro atoms. The standard InChI is InChI=1S/C16H30BNO4/c1-7-8-9-10-13(11-12-18-14(19)20-6)17-21-15(2,3)16(4,5)22-17/h11-13H,7-10H2,1-6H3,(H,18,19)/b12-11+. The van der Waals surface area contributed by atoms with Gasteiger partial charge in [0, 0.05) is 12.0 Å². The van der Waals surface area contributed by atoms with Crippen LogP contribution in [0.5, 0.6) is 0 Å². The number of ether oxygens (including phenoxy) is 1. The summed E-state index contributed by atoms with van der Waals surface area (Å²) in [4.78, 5) is 11.1. The second-order valence-corrected chi connectivity index (χ2v) is 6.78. The van der Waals surface area contributed by atoms with Crippen LogP contribution >= 0.6 is 0 Å². The molecule has 1 aliphatic heterocycles. The highest BCUT2D eigenvalue weighted by Crippen LogP contribution is 2.41. The van der Waals surface area contributed by atoms with Gasteiger partial charge in [-0.15, -0.1) is 0 Å². The van der Waals surface area contributed by atoms with Gasteiger partial charge in [-0.25, -0.2) is 4.79 Å². The summed E-state index contributed by atoms with van der Waals surface area (Å²) in [5.74, 6) is 0.102. The van der Waals surface area contributed by atoms with E-state index in [-0.39, 0.29) is 24.1 Å². The molecule has 0 aromatic carbocycles. The number of allylic oxidation sites excluding steroid dienone is 1. The molecular formula is C16H30BNO4. The van der Waals surface area contributed by atoms with E-state index in [0.717, 1.165) is 12.8 Å². The zero-order valence-electron chi connectivity index (χ0n) is 14.8. The predicted octanol–water partition coefficient (Wildman–Crippen LogP) is 3.90. The molecule has 22 heavy (non-hydrogen) atoms. The molecule has 126 valence electrons. The van der Waals surface area contributed by atoms with Gasteiger partial charge >= 0.3 is 13.2 Å². The fourth-order valence-electron chi connectivity index (χ4n) is 2.32. The molecule has 0 aliphatic carbocycles. The van der Waals surface area contributed by atoms with Crippen molar-refractivity contribution in [3.8, 4) is 0 Å². The molecule has 6 heteroatoms. The van der Waals surface area contributed by atoms with Gasteiger partial charge in [-0.1, -0.05) is 32.3 Å². The van der Waals surface area contributed by atoms with Gasteiger partial charge in [-0.2, -0.15) is 0 Å². The molecule has 0 bridgehead atoms. The highest BCUT2D eigenvalue weighted by atomic mass is 16.7. The third-order valence-electron chi connectivity index (χ3n) is 4.49. The SMILES string of the molecule is CCCCCC(/C=C/NC(=O)OC)B1OC(C)(C)C(C)(C)O1. The quantitative estimate of drug-likeness (QED) is 0.572. The van der Waals surface area contributed by atoms with Crippen LogP contribution in [0.1, 0.15) is 60.3 Å². The topological polar surface area (TPSA) is 56.8 Å². The molecular weight excluding hydrogens is 281 g/mol. The molecule has 0 saturated carbocycles. The third kappa shape index (κ3) is 5.02. The first-order valence-electron chi connectivity index (χ1n) is 8.10. The number of methoxy groups -OCH3 is 1. The Labute approximate surface area is 134 Å². The zero-order valence-corrected chi connectivity index (χ0v) is 14.8. The average Bonchev–Trinajstić information content (AvgIpc) is 2.65. The van der Waals surface area contributed by atoms with Gasteiger partial charge < -0.3 is 14.0 Å². The monoisotopic (exact) mass is 311 g/mol. The van der Waals surface area contributed by atoms with Crippen LogP contribution in [-0.4, -0.2) is 31.5 Å². The zero-order chi connectivity index (χ0) is 16.8.